The zero-order valence-electron chi connectivity index (χ0n) is 15.3. The van der Waals surface area contributed by atoms with Crippen molar-refractivity contribution in [3.8, 4) is 0 Å². The summed E-state index contributed by atoms with van der Waals surface area (Å²) >= 11 is 11.3. The van der Waals surface area contributed by atoms with E-state index >= 15 is 0 Å². The van der Waals surface area contributed by atoms with Crippen molar-refractivity contribution in [2.24, 2.45) is 0 Å². The van der Waals surface area contributed by atoms with Gasteiger partial charge in [-0.3, -0.25) is 5.32 Å². The van der Waals surface area contributed by atoms with Crippen molar-refractivity contribution < 1.29 is 4.42 Å². The molecule has 2 aromatic heterocycles. The van der Waals surface area contributed by atoms with Crippen LogP contribution in [0.2, 0.25) is 5.02 Å². The first-order chi connectivity index (χ1) is 14.0. The second kappa shape index (κ2) is 8.02. The first-order valence-corrected chi connectivity index (χ1v) is 9.51. The topological polar surface area (TPSA) is 85.0 Å². The molecule has 2 aromatic carbocycles. The second-order valence-corrected chi connectivity index (χ2v) is 7.28. The Kier molecular flexibility index (Phi) is 5.28. The second-order valence-electron chi connectivity index (χ2n) is 6.43. The molecule has 4 aromatic rings. The molecule has 0 spiro atoms. The summed E-state index contributed by atoms with van der Waals surface area (Å²) in [4.78, 5) is 15.8. The van der Waals surface area contributed by atoms with Gasteiger partial charge in [-0.2, -0.15) is 0 Å². The largest absolute Gasteiger partial charge is 0.423 e. The summed E-state index contributed by atoms with van der Waals surface area (Å²) < 4.78 is 6.94. The fourth-order valence-electron chi connectivity index (χ4n) is 2.92. The molecule has 2 heterocycles. The number of halogens is 1. The number of anilines is 2. The van der Waals surface area contributed by atoms with E-state index in [2.05, 4.69) is 20.7 Å². The Bertz CT molecular complexity index is 1270. The van der Waals surface area contributed by atoms with Gasteiger partial charge in [-0.25, -0.2) is 14.5 Å². The highest BCUT2D eigenvalue weighted by molar-refractivity contribution is 7.80. The van der Waals surface area contributed by atoms with E-state index in [1.54, 1.807) is 17.1 Å². The third kappa shape index (κ3) is 4.61. The molecule has 0 fully saturated rings. The van der Waals surface area contributed by atoms with Gasteiger partial charge in [-0.1, -0.05) is 23.7 Å². The minimum absolute atomic E-state index is 0.319. The number of aryl methyl sites for hydroxylation is 1. The maximum absolute atomic E-state index is 11.6. The highest BCUT2D eigenvalue weighted by Gasteiger charge is 2.07. The van der Waals surface area contributed by atoms with E-state index in [1.807, 2.05) is 43.3 Å². The highest BCUT2D eigenvalue weighted by Crippen LogP contribution is 2.21. The average molecular weight is 426 g/mol. The molecule has 0 aliphatic rings. The number of hydrogen-bond donors (Lipinski definition) is 2. The van der Waals surface area contributed by atoms with E-state index in [1.165, 1.54) is 6.07 Å². The maximum atomic E-state index is 11.6. The van der Waals surface area contributed by atoms with Crippen molar-refractivity contribution in [2.75, 3.05) is 10.6 Å². The predicted octanol–water partition coefficient (Wildman–Crippen LogP) is 4.20. The van der Waals surface area contributed by atoms with Crippen LogP contribution in [0.5, 0.6) is 0 Å². The number of rotatable bonds is 4. The monoisotopic (exact) mass is 425 g/mol. The van der Waals surface area contributed by atoms with Gasteiger partial charge in [0.15, 0.2) is 5.11 Å². The molecule has 4 rings (SSSR count). The van der Waals surface area contributed by atoms with Gasteiger partial charge >= 0.3 is 5.63 Å². The van der Waals surface area contributed by atoms with Gasteiger partial charge < -0.3 is 9.73 Å². The van der Waals surface area contributed by atoms with E-state index in [4.69, 9.17) is 28.2 Å². The van der Waals surface area contributed by atoms with Gasteiger partial charge in [0.1, 0.15) is 11.9 Å². The lowest BCUT2D eigenvalue weighted by atomic mass is 10.1. The third-order valence-electron chi connectivity index (χ3n) is 4.20. The zero-order valence-corrected chi connectivity index (χ0v) is 16.9. The average Bonchev–Trinajstić information content (AvgIpc) is 3.07. The number of fused-ring (bicyclic) bond motifs is 1. The molecule has 0 radical (unpaired) electrons. The van der Waals surface area contributed by atoms with E-state index in [9.17, 15) is 4.79 Å². The minimum atomic E-state index is -0.387. The van der Waals surface area contributed by atoms with Crippen molar-refractivity contribution in [1.82, 2.24) is 14.8 Å². The molecule has 0 saturated carbocycles. The van der Waals surface area contributed by atoms with Crippen LogP contribution in [-0.4, -0.2) is 19.9 Å². The standard InChI is InChI=1S/C20H16ClN5O2S/c1-12-7-18(27)28-17-9-15(5-6-16(12)17)23-20(29)24-19-22-11-26(25-19)10-13-3-2-4-14(21)8-13/h2-9,11H,10H2,1H3,(H2,23,24,25,29). The molecule has 29 heavy (non-hydrogen) atoms. The lowest BCUT2D eigenvalue weighted by molar-refractivity contribution is 0.560. The fourth-order valence-corrected chi connectivity index (χ4v) is 3.34. The van der Waals surface area contributed by atoms with Gasteiger partial charge in [0.2, 0.25) is 5.95 Å². The summed E-state index contributed by atoms with van der Waals surface area (Å²) in [7, 11) is 0. The van der Waals surface area contributed by atoms with Crippen molar-refractivity contribution in [3.05, 3.63) is 81.4 Å². The van der Waals surface area contributed by atoms with Gasteiger partial charge in [0.05, 0.1) is 6.54 Å². The Labute approximate surface area is 176 Å². The number of thiocarbonyl (C=S) groups is 1. The smallest absolute Gasteiger partial charge is 0.336 e. The van der Waals surface area contributed by atoms with Gasteiger partial charge in [-0.05, 0) is 54.5 Å². The molecule has 0 atom stereocenters. The van der Waals surface area contributed by atoms with Gasteiger partial charge in [-0.15, -0.1) is 5.10 Å². The van der Waals surface area contributed by atoms with E-state index in [-0.39, 0.29) is 5.63 Å². The lowest BCUT2D eigenvalue weighted by Crippen LogP contribution is -2.20. The molecule has 0 aliphatic carbocycles. The fraction of sp³-hybridized carbons (Fsp3) is 0.100. The number of benzene rings is 2. The van der Waals surface area contributed by atoms with Gasteiger partial charge in [0.25, 0.3) is 0 Å². The molecule has 0 amide bonds. The molecular weight excluding hydrogens is 410 g/mol. The Morgan fingerprint density at radius 2 is 2.07 bits per heavy atom. The summed E-state index contributed by atoms with van der Waals surface area (Å²) in [6.07, 6.45) is 1.61. The van der Waals surface area contributed by atoms with Crippen LogP contribution in [0.25, 0.3) is 11.0 Å². The van der Waals surface area contributed by atoms with Crippen LogP contribution in [-0.2, 0) is 6.54 Å². The molecule has 0 bridgehead atoms. The summed E-state index contributed by atoms with van der Waals surface area (Å²) in [6.45, 7) is 2.41. The van der Waals surface area contributed by atoms with Crippen molar-refractivity contribution in [3.63, 3.8) is 0 Å². The Balaban J connectivity index is 1.43. The van der Waals surface area contributed by atoms with E-state index in [0.717, 1.165) is 16.5 Å². The van der Waals surface area contributed by atoms with Crippen molar-refractivity contribution in [2.45, 2.75) is 13.5 Å². The van der Waals surface area contributed by atoms with Crippen LogP contribution in [0.4, 0.5) is 11.6 Å². The van der Waals surface area contributed by atoms with Gasteiger partial charge in [0, 0.05) is 28.2 Å². The quantitative estimate of drug-likeness (QED) is 0.374. The molecule has 146 valence electrons. The minimum Gasteiger partial charge on any atom is -0.423 e. The Hall–Kier alpha value is -3.23. The first kappa shape index (κ1) is 19.1. The molecule has 2 N–H and O–H groups in total. The first-order valence-electron chi connectivity index (χ1n) is 8.73. The Morgan fingerprint density at radius 1 is 1.21 bits per heavy atom. The number of nitrogens with zero attached hydrogens (tertiary/aromatic N) is 3. The third-order valence-corrected chi connectivity index (χ3v) is 4.64. The summed E-state index contributed by atoms with van der Waals surface area (Å²) in [6, 6.07) is 14.5. The molecule has 9 heteroatoms. The van der Waals surface area contributed by atoms with Crippen molar-refractivity contribution >= 4 is 51.5 Å². The van der Waals surface area contributed by atoms with Crippen molar-refractivity contribution in [1.29, 1.82) is 0 Å². The van der Waals surface area contributed by atoms with Crippen LogP contribution in [0, 0.1) is 6.92 Å². The lowest BCUT2D eigenvalue weighted by Gasteiger charge is -2.09. The molecule has 0 saturated heterocycles. The van der Waals surface area contributed by atoms with Crippen LogP contribution in [0.1, 0.15) is 11.1 Å². The highest BCUT2D eigenvalue weighted by atomic mass is 35.5. The summed E-state index contributed by atoms with van der Waals surface area (Å²) in [5.41, 5.74) is 2.66. The molecule has 0 unspecified atom stereocenters. The Morgan fingerprint density at radius 3 is 2.90 bits per heavy atom. The van der Waals surface area contributed by atoms with Crippen LogP contribution in [0.15, 0.2) is 64.1 Å². The van der Waals surface area contributed by atoms with E-state index < -0.39 is 0 Å². The van der Waals surface area contributed by atoms with Crippen LogP contribution < -0.4 is 16.3 Å². The zero-order chi connectivity index (χ0) is 20.4. The molecule has 0 aliphatic heterocycles. The van der Waals surface area contributed by atoms with Crippen LogP contribution >= 0.6 is 23.8 Å². The summed E-state index contributed by atoms with van der Waals surface area (Å²) in [5.74, 6) is 0.368. The van der Waals surface area contributed by atoms with Crippen LogP contribution in [0.3, 0.4) is 0 Å². The maximum Gasteiger partial charge on any atom is 0.336 e. The number of hydrogen-bond acceptors (Lipinski definition) is 5. The molecule has 7 nitrogen and oxygen atoms in total. The predicted molar refractivity (Wildman–Crippen MR) is 118 cm³/mol. The summed E-state index contributed by atoms with van der Waals surface area (Å²) in [5, 5.41) is 12.2. The molecular formula is C20H16ClN5O2S. The number of aromatic nitrogens is 3. The number of nitrogens with one attached hydrogen (secondary N) is 2. The normalized spacial score (nSPS) is 10.8. The SMILES string of the molecule is Cc1cc(=O)oc2cc(NC(=S)Nc3ncn(Cc4cccc(Cl)c4)n3)ccc12. The van der Waals surface area contributed by atoms with E-state index in [0.29, 0.717) is 33.9 Å².